The van der Waals surface area contributed by atoms with Gasteiger partial charge in [0.2, 0.25) is 11.8 Å². The van der Waals surface area contributed by atoms with Crippen LogP contribution in [0.3, 0.4) is 0 Å². The highest BCUT2D eigenvalue weighted by molar-refractivity contribution is 6.43. The lowest BCUT2D eigenvalue weighted by atomic mass is 9.76. The van der Waals surface area contributed by atoms with E-state index in [0.29, 0.717) is 32.4 Å². The molecule has 2 aromatic rings. The summed E-state index contributed by atoms with van der Waals surface area (Å²) in [6, 6.07) is 8.52. The lowest BCUT2D eigenvalue weighted by molar-refractivity contribution is -0.136. The van der Waals surface area contributed by atoms with Crippen molar-refractivity contribution < 1.29 is 24.4 Å². The van der Waals surface area contributed by atoms with Gasteiger partial charge in [0.1, 0.15) is 11.7 Å². The molecule has 11 nitrogen and oxygen atoms in total. The largest absolute Gasteiger partial charge is 0.475 e. The maximum absolute atomic E-state index is 13.2. The molecule has 12 heteroatoms. The van der Waals surface area contributed by atoms with Gasteiger partial charge >= 0.3 is 7.12 Å². The molecule has 0 aliphatic carbocycles. The number of hydrogen-bond donors (Lipinski definition) is 4. The predicted octanol–water partition coefficient (Wildman–Crippen LogP) is -0.351. The second-order valence-electron chi connectivity index (χ2n) is 9.04. The molecule has 2 heterocycles. The summed E-state index contributed by atoms with van der Waals surface area (Å²) in [6.45, 7) is 5.52. The molecule has 1 aliphatic rings. The smallest absolute Gasteiger partial charge is 0.426 e. The normalized spacial score (nSPS) is 15.5. The van der Waals surface area contributed by atoms with Gasteiger partial charge in [0.05, 0.1) is 18.6 Å². The zero-order chi connectivity index (χ0) is 26.6. The van der Waals surface area contributed by atoms with E-state index in [0.717, 1.165) is 25.2 Å². The molecule has 0 radical (unpaired) electrons. The number of benzene rings is 1. The SMILES string of the molecule is CCN1CCN(C(=O)C[C@@H](NC(=O)c2cnccn2)C(=O)N[C@@H](CCCc2ccccc2)B(O)O)CC1. The number of nitrogens with zero attached hydrogens (tertiary/aromatic N) is 4. The first-order valence-corrected chi connectivity index (χ1v) is 12.6. The van der Waals surface area contributed by atoms with Crippen LogP contribution in [-0.4, -0.2) is 99.4 Å². The second-order valence-corrected chi connectivity index (χ2v) is 9.04. The molecule has 4 N–H and O–H groups in total. The summed E-state index contributed by atoms with van der Waals surface area (Å²) in [5.74, 6) is -2.55. The van der Waals surface area contributed by atoms with E-state index in [1.807, 2.05) is 30.3 Å². The molecule has 3 amide bonds. The van der Waals surface area contributed by atoms with Gasteiger partial charge in [0, 0.05) is 38.6 Å². The monoisotopic (exact) mass is 510 g/mol. The van der Waals surface area contributed by atoms with Crippen molar-refractivity contribution in [3.05, 3.63) is 60.2 Å². The van der Waals surface area contributed by atoms with Crippen molar-refractivity contribution in [2.75, 3.05) is 32.7 Å². The second kappa shape index (κ2) is 14.4. The number of rotatable bonds is 12. The fraction of sp³-hybridized carbons (Fsp3) is 0.480. The first-order chi connectivity index (χ1) is 17.9. The molecule has 1 saturated heterocycles. The minimum absolute atomic E-state index is 0.00548. The first-order valence-electron chi connectivity index (χ1n) is 12.6. The Morgan fingerprint density at radius 2 is 1.78 bits per heavy atom. The van der Waals surface area contributed by atoms with E-state index in [1.165, 1.54) is 18.6 Å². The fourth-order valence-corrected chi connectivity index (χ4v) is 4.22. The Labute approximate surface area is 217 Å². The molecule has 0 bridgehead atoms. The number of piperazine rings is 1. The van der Waals surface area contributed by atoms with Crippen LogP contribution in [0.5, 0.6) is 0 Å². The number of carbonyl (C=O) groups is 3. The average molecular weight is 510 g/mol. The van der Waals surface area contributed by atoms with Crippen molar-refractivity contribution >= 4 is 24.8 Å². The summed E-state index contributed by atoms with van der Waals surface area (Å²) in [5.41, 5.74) is 1.11. The summed E-state index contributed by atoms with van der Waals surface area (Å²) >= 11 is 0. The summed E-state index contributed by atoms with van der Waals surface area (Å²) in [5, 5.41) is 25.0. The van der Waals surface area contributed by atoms with Gasteiger partial charge in [-0.05, 0) is 31.4 Å². The minimum atomic E-state index is -1.80. The van der Waals surface area contributed by atoms with Crippen LogP contribution in [0.25, 0.3) is 0 Å². The third-order valence-corrected chi connectivity index (χ3v) is 6.48. The van der Waals surface area contributed by atoms with E-state index >= 15 is 0 Å². The van der Waals surface area contributed by atoms with Crippen molar-refractivity contribution in [1.29, 1.82) is 0 Å². The lowest BCUT2D eigenvalue weighted by Gasteiger charge is -2.34. The zero-order valence-corrected chi connectivity index (χ0v) is 21.1. The average Bonchev–Trinajstić information content (AvgIpc) is 2.93. The zero-order valence-electron chi connectivity index (χ0n) is 21.1. The fourth-order valence-electron chi connectivity index (χ4n) is 4.22. The van der Waals surface area contributed by atoms with Crippen LogP contribution in [0.1, 0.15) is 42.2 Å². The molecular weight excluding hydrogens is 475 g/mol. The standard InChI is InChI=1S/C25H35BN6O5/c1-2-31-13-15-32(16-14-31)23(33)17-20(29-25(35)21-18-27-11-12-28-21)24(34)30-22(26(36)37)10-6-9-19-7-4-3-5-8-19/h3-5,7-8,11-12,18,20,22,36-37H,2,6,9-10,13-17H2,1H3,(H,29,35)(H,30,34)/t20-,22+/m1/s1. The third kappa shape index (κ3) is 8.92. The van der Waals surface area contributed by atoms with Gasteiger partial charge in [0.15, 0.2) is 0 Å². The molecule has 1 fully saturated rings. The summed E-state index contributed by atoms with van der Waals surface area (Å²) in [6.07, 6.45) is 5.38. The molecule has 37 heavy (non-hydrogen) atoms. The number of amides is 3. The molecule has 0 saturated carbocycles. The third-order valence-electron chi connectivity index (χ3n) is 6.48. The van der Waals surface area contributed by atoms with Gasteiger partial charge in [-0.1, -0.05) is 37.3 Å². The highest BCUT2D eigenvalue weighted by atomic mass is 16.4. The van der Waals surface area contributed by atoms with Crippen molar-refractivity contribution in [1.82, 2.24) is 30.4 Å². The molecule has 198 valence electrons. The summed E-state index contributed by atoms with van der Waals surface area (Å²) in [4.78, 5) is 50.7. The Morgan fingerprint density at radius 1 is 1.05 bits per heavy atom. The number of aryl methyl sites for hydroxylation is 1. The number of carbonyl (C=O) groups excluding carboxylic acids is 3. The Bertz CT molecular complexity index is 1010. The van der Waals surface area contributed by atoms with Gasteiger partial charge in [0.25, 0.3) is 5.91 Å². The molecule has 1 aliphatic heterocycles. The molecule has 2 atom stereocenters. The predicted molar refractivity (Wildman–Crippen MR) is 138 cm³/mol. The maximum atomic E-state index is 13.2. The van der Waals surface area contributed by atoms with E-state index in [-0.39, 0.29) is 18.0 Å². The first kappa shape index (κ1) is 28.2. The molecule has 0 spiro atoms. The Kier molecular flexibility index (Phi) is 11.0. The lowest BCUT2D eigenvalue weighted by Crippen LogP contribution is -2.56. The van der Waals surface area contributed by atoms with E-state index < -0.39 is 30.9 Å². The summed E-state index contributed by atoms with van der Waals surface area (Å²) in [7, 11) is -1.80. The number of likely N-dealkylation sites (N-methyl/N-ethyl adjacent to an activating group) is 1. The number of aromatic nitrogens is 2. The van der Waals surface area contributed by atoms with E-state index in [1.54, 1.807) is 4.90 Å². The van der Waals surface area contributed by atoms with E-state index in [2.05, 4.69) is 32.4 Å². The Balaban J connectivity index is 1.65. The van der Waals surface area contributed by atoms with E-state index in [4.69, 9.17) is 0 Å². The van der Waals surface area contributed by atoms with Crippen molar-refractivity contribution in [3.63, 3.8) is 0 Å². The van der Waals surface area contributed by atoms with Crippen molar-refractivity contribution in [3.8, 4) is 0 Å². The molecule has 1 aromatic carbocycles. The van der Waals surface area contributed by atoms with Gasteiger partial charge in [-0.25, -0.2) is 4.98 Å². The minimum Gasteiger partial charge on any atom is -0.426 e. The van der Waals surface area contributed by atoms with Crippen LogP contribution in [0.2, 0.25) is 0 Å². The van der Waals surface area contributed by atoms with Crippen molar-refractivity contribution in [2.45, 2.75) is 44.6 Å². The van der Waals surface area contributed by atoms with Crippen molar-refractivity contribution in [2.24, 2.45) is 0 Å². The molecule has 3 rings (SSSR count). The quantitative estimate of drug-likeness (QED) is 0.283. The van der Waals surface area contributed by atoms with Crippen LogP contribution < -0.4 is 10.6 Å². The Morgan fingerprint density at radius 3 is 2.41 bits per heavy atom. The van der Waals surface area contributed by atoms with Gasteiger partial charge in [-0.2, -0.15) is 0 Å². The Hall–Kier alpha value is -3.35. The van der Waals surface area contributed by atoms with Crippen LogP contribution >= 0.6 is 0 Å². The molecule has 1 aromatic heterocycles. The summed E-state index contributed by atoms with van der Waals surface area (Å²) < 4.78 is 0. The van der Waals surface area contributed by atoms with Crippen LogP contribution in [0.15, 0.2) is 48.9 Å². The number of hydrogen-bond acceptors (Lipinski definition) is 8. The molecular formula is C25H35BN6O5. The van der Waals surface area contributed by atoms with Crippen LogP contribution in [0, 0.1) is 0 Å². The van der Waals surface area contributed by atoms with Crippen LogP contribution in [-0.2, 0) is 16.0 Å². The maximum Gasteiger partial charge on any atom is 0.475 e. The van der Waals surface area contributed by atoms with Gasteiger partial charge in [-0.3, -0.25) is 19.4 Å². The number of nitrogens with one attached hydrogen (secondary N) is 2. The topological polar surface area (TPSA) is 148 Å². The highest BCUT2D eigenvalue weighted by Crippen LogP contribution is 2.10. The molecule has 0 unspecified atom stereocenters. The van der Waals surface area contributed by atoms with Gasteiger partial charge in [-0.15, -0.1) is 0 Å². The van der Waals surface area contributed by atoms with Crippen LogP contribution in [0.4, 0.5) is 0 Å². The van der Waals surface area contributed by atoms with Gasteiger partial charge < -0.3 is 30.5 Å². The van der Waals surface area contributed by atoms with E-state index in [9.17, 15) is 24.4 Å². The highest BCUT2D eigenvalue weighted by Gasteiger charge is 2.32.